The molecule has 17 heavy (non-hydrogen) atoms. The summed E-state index contributed by atoms with van der Waals surface area (Å²) in [5.74, 6) is -0.271. The van der Waals surface area contributed by atoms with Gasteiger partial charge < -0.3 is 10.1 Å². The van der Waals surface area contributed by atoms with E-state index < -0.39 is 5.60 Å². The van der Waals surface area contributed by atoms with E-state index in [4.69, 9.17) is 4.74 Å². The van der Waals surface area contributed by atoms with E-state index in [2.05, 4.69) is 11.4 Å². The first kappa shape index (κ1) is 11.7. The molecule has 0 saturated heterocycles. The Morgan fingerprint density at radius 1 is 1.29 bits per heavy atom. The van der Waals surface area contributed by atoms with Gasteiger partial charge in [0.15, 0.2) is 0 Å². The zero-order valence-electron chi connectivity index (χ0n) is 10.4. The maximum atomic E-state index is 11.9. The zero-order chi connectivity index (χ0) is 12.5. The lowest BCUT2D eigenvalue weighted by molar-refractivity contribution is 0.00694. The number of carbonyl (C=O) groups is 1. The molecule has 0 atom stereocenters. The molecule has 0 spiro atoms. The lowest BCUT2D eigenvalue weighted by Crippen LogP contribution is -2.34. The summed E-state index contributed by atoms with van der Waals surface area (Å²) < 4.78 is 5.34. The molecule has 1 heterocycles. The summed E-state index contributed by atoms with van der Waals surface area (Å²) in [5, 5.41) is 5.31. The Bertz CT molecular complexity index is 553. The molecule has 0 amide bonds. The van der Waals surface area contributed by atoms with Crippen LogP contribution in [0.1, 0.15) is 31.1 Å². The second-order valence-electron chi connectivity index (χ2n) is 5.10. The first-order chi connectivity index (χ1) is 7.96. The van der Waals surface area contributed by atoms with Crippen molar-refractivity contribution in [1.82, 2.24) is 5.32 Å². The van der Waals surface area contributed by atoms with Crippen molar-refractivity contribution in [2.75, 3.05) is 6.54 Å². The molecule has 0 aliphatic carbocycles. The minimum absolute atomic E-state index is 0.271. The van der Waals surface area contributed by atoms with Gasteiger partial charge in [-0.25, -0.2) is 4.79 Å². The Balaban J connectivity index is 2.33. The third kappa shape index (κ3) is 2.87. The van der Waals surface area contributed by atoms with Gasteiger partial charge in [-0.15, -0.1) is 0 Å². The highest BCUT2D eigenvalue weighted by atomic mass is 16.6. The summed E-state index contributed by atoms with van der Waals surface area (Å²) in [6.45, 7) is 6.40. The number of nitrogens with one attached hydrogen (secondary N) is 1. The second-order valence-corrected chi connectivity index (χ2v) is 5.10. The van der Waals surface area contributed by atoms with Crippen LogP contribution in [0, 0.1) is 0 Å². The number of hydrogen-bond acceptors (Lipinski definition) is 3. The number of ether oxygens (including phenoxy) is 1. The number of esters is 1. The normalized spacial score (nSPS) is 13.8. The molecule has 0 aromatic heterocycles. The standard InChI is InChI=1S/C14H17NO2/c1-14(2,3)17-13(16)11-4-5-12-9-15-7-6-10(12)8-11/h4-6,8-9,15H,7H2,1-3H3. The van der Waals surface area contributed by atoms with Gasteiger partial charge in [-0.3, -0.25) is 0 Å². The van der Waals surface area contributed by atoms with Crippen molar-refractivity contribution < 1.29 is 9.53 Å². The van der Waals surface area contributed by atoms with Crippen LogP contribution < -0.4 is 15.8 Å². The van der Waals surface area contributed by atoms with E-state index in [0.717, 1.165) is 17.0 Å². The lowest BCUT2D eigenvalue weighted by Gasteiger charge is -2.19. The average molecular weight is 231 g/mol. The lowest BCUT2D eigenvalue weighted by atomic mass is 10.1. The molecule has 1 aliphatic heterocycles. The Morgan fingerprint density at radius 2 is 2.06 bits per heavy atom. The van der Waals surface area contributed by atoms with Crippen molar-refractivity contribution >= 4 is 18.2 Å². The fourth-order valence-electron chi connectivity index (χ4n) is 1.68. The highest BCUT2D eigenvalue weighted by Gasteiger charge is 2.17. The fraction of sp³-hybridized carbons (Fsp3) is 0.357. The number of carbonyl (C=O) groups excluding carboxylic acids is 1. The molecular weight excluding hydrogens is 214 g/mol. The summed E-state index contributed by atoms with van der Waals surface area (Å²) in [7, 11) is 0. The molecule has 1 N–H and O–H groups in total. The smallest absolute Gasteiger partial charge is 0.338 e. The van der Waals surface area contributed by atoms with Crippen molar-refractivity contribution in [2.24, 2.45) is 0 Å². The van der Waals surface area contributed by atoms with Crippen molar-refractivity contribution in [1.29, 1.82) is 0 Å². The van der Waals surface area contributed by atoms with Crippen LogP contribution in [0.5, 0.6) is 0 Å². The van der Waals surface area contributed by atoms with Crippen molar-refractivity contribution in [3.63, 3.8) is 0 Å². The van der Waals surface area contributed by atoms with Gasteiger partial charge in [0.2, 0.25) is 0 Å². The molecule has 3 nitrogen and oxygen atoms in total. The van der Waals surface area contributed by atoms with Gasteiger partial charge >= 0.3 is 5.97 Å². The third-order valence-corrected chi connectivity index (χ3v) is 2.42. The van der Waals surface area contributed by atoms with Crippen molar-refractivity contribution in [2.45, 2.75) is 26.4 Å². The Kier molecular flexibility index (Phi) is 2.92. The SMILES string of the molecule is CC(C)(C)OC(=O)c1ccc2c(c1)=CCNC=2. The first-order valence-electron chi connectivity index (χ1n) is 5.73. The van der Waals surface area contributed by atoms with Gasteiger partial charge in [-0.05, 0) is 43.3 Å². The number of rotatable bonds is 1. The van der Waals surface area contributed by atoms with Crippen molar-refractivity contribution in [3.8, 4) is 0 Å². The highest BCUT2D eigenvalue weighted by Crippen LogP contribution is 2.10. The number of hydrogen-bond donors (Lipinski definition) is 1. The highest BCUT2D eigenvalue weighted by molar-refractivity contribution is 5.89. The molecule has 1 aliphatic rings. The van der Waals surface area contributed by atoms with Gasteiger partial charge in [0.25, 0.3) is 0 Å². The Hall–Kier alpha value is -1.77. The molecule has 0 radical (unpaired) electrons. The van der Waals surface area contributed by atoms with Gasteiger partial charge in [0.05, 0.1) is 5.56 Å². The predicted octanol–water partition coefficient (Wildman–Crippen LogP) is 0.764. The topological polar surface area (TPSA) is 38.3 Å². The van der Waals surface area contributed by atoms with Gasteiger partial charge in [-0.2, -0.15) is 0 Å². The van der Waals surface area contributed by atoms with Gasteiger partial charge in [0, 0.05) is 12.7 Å². The maximum Gasteiger partial charge on any atom is 0.338 e. The van der Waals surface area contributed by atoms with E-state index in [1.807, 2.05) is 39.1 Å². The third-order valence-electron chi connectivity index (χ3n) is 2.42. The van der Waals surface area contributed by atoms with Crippen LogP contribution in [-0.2, 0) is 4.74 Å². The van der Waals surface area contributed by atoms with Gasteiger partial charge in [-0.1, -0.05) is 12.1 Å². The van der Waals surface area contributed by atoms with Crippen LogP contribution in [-0.4, -0.2) is 18.1 Å². The van der Waals surface area contributed by atoms with Crippen LogP contribution in [0.25, 0.3) is 12.3 Å². The Labute approximate surface area is 101 Å². The predicted molar refractivity (Wildman–Crippen MR) is 67.8 cm³/mol. The molecule has 90 valence electrons. The number of benzene rings is 1. The second kappa shape index (κ2) is 4.24. The average Bonchev–Trinajstić information content (AvgIpc) is 2.26. The molecule has 1 aromatic carbocycles. The van der Waals surface area contributed by atoms with Crippen LogP contribution in [0.4, 0.5) is 0 Å². The van der Waals surface area contributed by atoms with E-state index in [-0.39, 0.29) is 5.97 Å². The van der Waals surface area contributed by atoms with Crippen LogP contribution in [0.3, 0.4) is 0 Å². The number of fused-ring (bicyclic) bond motifs is 1. The molecule has 1 aromatic rings. The van der Waals surface area contributed by atoms with E-state index in [0.29, 0.717) is 5.56 Å². The zero-order valence-corrected chi connectivity index (χ0v) is 10.4. The molecular formula is C14H17NO2. The van der Waals surface area contributed by atoms with E-state index >= 15 is 0 Å². The van der Waals surface area contributed by atoms with E-state index in [1.165, 1.54) is 0 Å². The molecule has 0 unspecified atom stereocenters. The summed E-state index contributed by atoms with van der Waals surface area (Å²) in [4.78, 5) is 11.9. The Morgan fingerprint density at radius 3 is 2.76 bits per heavy atom. The first-order valence-corrected chi connectivity index (χ1v) is 5.73. The molecule has 0 fully saturated rings. The molecule has 3 heteroatoms. The van der Waals surface area contributed by atoms with E-state index in [9.17, 15) is 4.79 Å². The quantitative estimate of drug-likeness (QED) is 0.725. The minimum Gasteiger partial charge on any atom is -0.456 e. The summed E-state index contributed by atoms with van der Waals surface area (Å²) in [6, 6.07) is 5.60. The summed E-state index contributed by atoms with van der Waals surface area (Å²) in [5.41, 5.74) is 0.148. The van der Waals surface area contributed by atoms with Gasteiger partial charge in [0.1, 0.15) is 5.60 Å². The molecule has 0 saturated carbocycles. The molecule has 0 bridgehead atoms. The molecule has 2 rings (SSSR count). The minimum atomic E-state index is -0.454. The maximum absolute atomic E-state index is 11.9. The summed E-state index contributed by atoms with van der Waals surface area (Å²) >= 11 is 0. The van der Waals surface area contributed by atoms with Crippen LogP contribution >= 0.6 is 0 Å². The monoisotopic (exact) mass is 231 g/mol. The van der Waals surface area contributed by atoms with Crippen LogP contribution in [0.2, 0.25) is 0 Å². The van der Waals surface area contributed by atoms with E-state index in [1.54, 1.807) is 6.07 Å². The van der Waals surface area contributed by atoms with Crippen molar-refractivity contribution in [3.05, 3.63) is 34.2 Å². The van der Waals surface area contributed by atoms with Crippen LogP contribution in [0.15, 0.2) is 18.2 Å². The fourth-order valence-corrected chi connectivity index (χ4v) is 1.68. The summed E-state index contributed by atoms with van der Waals surface area (Å²) in [6.07, 6.45) is 4.01. The largest absolute Gasteiger partial charge is 0.456 e.